The van der Waals surface area contributed by atoms with Crippen LogP contribution in [0.3, 0.4) is 0 Å². The van der Waals surface area contributed by atoms with Gasteiger partial charge in [0.05, 0.1) is 13.2 Å². The zero-order valence-electron chi connectivity index (χ0n) is 18.7. The number of rotatable bonds is 6. The van der Waals surface area contributed by atoms with E-state index in [0.29, 0.717) is 42.0 Å². The summed E-state index contributed by atoms with van der Waals surface area (Å²) in [5.74, 6) is 1.62. The van der Waals surface area contributed by atoms with Crippen LogP contribution in [0.15, 0.2) is 58.8 Å². The number of hydrogen-bond acceptors (Lipinski definition) is 8. The molecule has 0 amide bonds. The second-order valence-electron chi connectivity index (χ2n) is 8.27. The average Bonchev–Trinajstić information content (AvgIpc) is 3.21. The molecule has 1 aromatic heterocycles. The molecular weight excluding hydrogens is 418 g/mol. The molecule has 2 aliphatic heterocycles. The zero-order valence-corrected chi connectivity index (χ0v) is 18.7. The van der Waals surface area contributed by atoms with Crippen LogP contribution in [-0.2, 0) is 11.2 Å². The van der Waals surface area contributed by atoms with Crippen molar-refractivity contribution < 1.29 is 14.3 Å². The van der Waals surface area contributed by atoms with Gasteiger partial charge in [0.25, 0.3) is 5.88 Å². The first-order chi connectivity index (χ1) is 16.1. The van der Waals surface area contributed by atoms with Crippen molar-refractivity contribution in [1.82, 2.24) is 9.97 Å². The highest BCUT2D eigenvalue weighted by molar-refractivity contribution is 5.97. The van der Waals surface area contributed by atoms with Crippen molar-refractivity contribution in [1.29, 1.82) is 0 Å². The van der Waals surface area contributed by atoms with E-state index < -0.39 is 0 Å². The summed E-state index contributed by atoms with van der Waals surface area (Å²) in [7, 11) is 0. The van der Waals surface area contributed by atoms with Gasteiger partial charge in [-0.2, -0.15) is 10.1 Å². The molecule has 2 aliphatic rings. The van der Waals surface area contributed by atoms with Gasteiger partial charge in [-0.3, -0.25) is 4.79 Å². The van der Waals surface area contributed by atoms with Gasteiger partial charge < -0.3 is 14.4 Å². The Labute approximate surface area is 192 Å². The minimum Gasteiger partial charge on any atom is -0.437 e. The molecule has 0 spiro atoms. The quantitative estimate of drug-likeness (QED) is 0.498. The number of nitrogens with zero attached hydrogens (tertiary/aromatic N) is 5. The molecule has 33 heavy (non-hydrogen) atoms. The van der Waals surface area contributed by atoms with E-state index in [9.17, 15) is 4.79 Å². The molecule has 0 radical (unpaired) electrons. The number of aryl methyl sites for hydroxylation is 1. The van der Waals surface area contributed by atoms with Crippen molar-refractivity contribution in [2.75, 3.05) is 31.2 Å². The summed E-state index contributed by atoms with van der Waals surface area (Å²) in [5.41, 5.74) is 3.95. The van der Waals surface area contributed by atoms with Gasteiger partial charge in [0.15, 0.2) is 11.5 Å². The predicted octanol–water partition coefficient (Wildman–Crippen LogP) is 5.00. The number of benzene rings is 2. The fraction of sp³-hybridized carbons (Fsp3) is 0.320. The maximum atomic E-state index is 12.7. The van der Waals surface area contributed by atoms with E-state index in [4.69, 9.17) is 14.5 Å². The Morgan fingerprint density at radius 3 is 2.76 bits per heavy atom. The number of ketones is 1. The maximum Gasteiger partial charge on any atom is 0.252 e. The van der Waals surface area contributed by atoms with Crippen molar-refractivity contribution in [2.45, 2.75) is 26.3 Å². The van der Waals surface area contributed by atoms with Gasteiger partial charge in [-0.1, -0.05) is 35.9 Å². The van der Waals surface area contributed by atoms with Gasteiger partial charge in [-0.25, -0.2) is 4.98 Å². The summed E-state index contributed by atoms with van der Waals surface area (Å²) in [6, 6.07) is 15.0. The summed E-state index contributed by atoms with van der Waals surface area (Å²) >= 11 is 0. The first-order valence-electron chi connectivity index (χ1n) is 11.1. The highest BCUT2D eigenvalue weighted by atomic mass is 16.5. The lowest BCUT2D eigenvalue weighted by atomic mass is 10.0. The fourth-order valence-electron chi connectivity index (χ4n) is 3.94. The van der Waals surface area contributed by atoms with E-state index in [-0.39, 0.29) is 18.2 Å². The molecule has 5 rings (SSSR count). The molecule has 168 valence electrons. The van der Waals surface area contributed by atoms with Crippen LogP contribution in [-0.4, -0.2) is 42.1 Å². The summed E-state index contributed by atoms with van der Waals surface area (Å²) < 4.78 is 11.6. The molecule has 8 heteroatoms. The smallest absolute Gasteiger partial charge is 0.252 e. The minimum atomic E-state index is -0.150. The number of carbonyl (C=O) groups excluding carboxylic acids is 1. The maximum absolute atomic E-state index is 12.7. The van der Waals surface area contributed by atoms with Crippen LogP contribution in [0.2, 0.25) is 0 Å². The van der Waals surface area contributed by atoms with Crippen LogP contribution in [0, 0.1) is 6.92 Å². The number of Topliss-reactive ketones (excluding diaryl/α,β-unsaturated/α-hetero) is 1. The Morgan fingerprint density at radius 1 is 1.12 bits per heavy atom. The van der Waals surface area contributed by atoms with Crippen LogP contribution in [0.5, 0.6) is 11.6 Å². The largest absolute Gasteiger partial charge is 0.437 e. The van der Waals surface area contributed by atoms with E-state index in [1.165, 1.54) is 0 Å². The van der Waals surface area contributed by atoms with Gasteiger partial charge in [-0.05, 0) is 37.6 Å². The number of aromatic nitrogens is 2. The Morgan fingerprint density at radius 2 is 1.94 bits per heavy atom. The van der Waals surface area contributed by atoms with Gasteiger partial charge in [0, 0.05) is 25.1 Å². The highest BCUT2D eigenvalue weighted by Crippen LogP contribution is 2.42. The Bertz CT molecular complexity index is 1220. The monoisotopic (exact) mass is 443 g/mol. The lowest BCUT2D eigenvalue weighted by Gasteiger charge is -2.27. The average molecular weight is 444 g/mol. The molecule has 0 saturated carbocycles. The summed E-state index contributed by atoms with van der Waals surface area (Å²) in [6.07, 6.45) is 0.290. The lowest BCUT2D eigenvalue weighted by molar-refractivity contribution is 0.0993. The molecular formula is C25H25N5O3. The van der Waals surface area contributed by atoms with Gasteiger partial charge in [0.1, 0.15) is 17.5 Å². The molecule has 0 bridgehead atoms. The Hall–Kier alpha value is -3.65. The molecule has 1 unspecified atom stereocenters. The molecule has 0 N–H and O–H groups in total. The molecule has 1 atom stereocenters. The van der Waals surface area contributed by atoms with E-state index in [0.717, 1.165) is 29.9 Å². The van der Waals surface area contributed by atoms with Crippen molar-refractivity contribution in [3.63, 3.8) is 0 Å². The second kappa shape index (κ2) is 9.07. The normalized spacial score (nSPS) is 17.2. The second-order valence-corrected chi connectivity index (χ2v) is 8.27. The standard InChI is InChI=1S/C25H25N5O3/c1-16-5-3-7-19(13-16)21(31)15-18-6-4-8-20(14-18)33-24-23-22(17(2)28-29-23)26-25(27-24)30-9-11-32-12-10-30/h3-8,13-14,17H,9-12,15H2,1-2H3. The number of ether oxygens (including phenoxy) is 2. The van der Waals surface area contributed by atoms with Gasteiger partial charge >= 0.3 is 0 Å². The zero-order chi connectivity index (χ0) is 22.8. The number of carbonyl (C=O) groups is 1. The van der Waals surface area contributed by atoms with E-state index in [2.05, 4.69) is 20.1 Å². The van der Waals surface area contributed by atoms with Crippen molar-refractivity contribution in [3.8, 4) is 11.6 Å². The van der Waals surface area contributed by atoms with Crippen LogP contribution in [0.25, 0.3) is 0 Å². The lowest BCUT2D eigenvalue weighted by Crippen LogP contribution is -2.37. The molecule has 3 heterocycles. The molecule has 8 nitrogen and oxygen atoms in total. The topological polar surface area (TPSA) is 89.3 Å². The van der Waals surface area contributed by atoms with Crippen LogP contribution >= 0.6 is 0 Å². The van der Waals surface area contributed by atoms with E-state index in [1.54, 1.807) is 0 Å². The number of fused-ring (bicyclic) bond motifs is 1. The van der Waals surface area contributed by atoms with Gasteiger partial charge in [0.2, 0.25) is 5.95 Å². The van der Waals surface area contributed by atoms with Crippen LogP contribution < -0.4 is 9.64 Å². The third kappa shape index (κ3) is 4.61. The summed E-state index contributed by atoms with van der Waals surface area (Å²) in [6.45, 7) is 6.65. The van der Waals surface area contributed by atoms with Crippen LogP contribution in [0.1, 0.15) is 40.1 Å². The third-order valence-corrected chi connectivity index (χ3v) is 5.71. The molecule has 0 aliphatic carbocycles. The first-order valence-corrected chi connectivity index (χ1v) is 11.1. The fourth-order valence-corrected chi connectivity index (χ4v) is 3.94. The molecule has 3 aromatic rings. The van der Waals surface area contributed by atoms with Crippen molar-refractivity contribution in [3.05, 3.63) is 70.9 Å². The van der Waals surface area contributed by atoms with Gasteiger partial charge in [-0.15, -0.1) is 5.11 Å². The summed E-state index contributed by atoms with van der Waals surface area (Å²) in [4.78, 5) is 24.2. The Kier molecular flexibility index (Phi) is 5.83. The highest BCUT2D eigenvalue weighted by Gasteiger charge is 2.27. The van der Waals surface area contributed by atoms with E-state index >= 15 is 0 Å². The molecule has 1 saturated heterocycles. The SMILES string of the molecule is Cc1cccc(C(=O)Cc2cccc(Oc3nc(N4CCOCC4)nc4c3N=NC4C)c2)c1. The van der Waals surface area contributed by atoms with Crippen molar-refractivity contribution >= 4 is 17.4 Å². The third-order valence-electron chi connectivity index (χ3n) is 5.71. The van der Waals surface area contributed by atoms with E-state index in [1.807, 2.05) is 62.4 Å². The first kappa shape index (κ1) is 21.2. The number of morpholine rings is 1. The Balaban J connectivity index is 1.40. The summed E-state index contributed by atoms with van der Waals surface area (Å²) in [5, 5.41) is 8.50. The number of azo groups is 1. The number of hydrogen-bond donors (Lipinski definition) is 0. The molecule has 1 fully saturated rings. The number of anilines is 1. The predicted molar refractivity (Wildman–Crippen MR) is 124 cm³/mol. The minimum absolute atomic E-state index is 0.0657. The van der Waals surface area contributed by atoms with Crippen LogP contribution in [0.4, 0.5) is 11.6 Å². The molecule has 2 aromatic carbocycles. The van der Waals surface area contributed by atoms with Crippen molar-refractivity contribution in [2.24, 2.45) is 10.2 Å².